The number of piperidine rings is 1. The van der Waals surface area contributed by atoms with Crippen molar-refractivity contribution in [2.45, 2.75) is 32.7 Å². The van der Waals surface area contributed by atoms with Gasteiger partial charge in [-0.2, -0.15) is 5.26 Å². The Balaban J connectivity index is 1.88. The summed E-state index contributed by atoms with van der Waals surface area (Å²) in [5.41, 5.74) is 2.19. The van der Waals surface area contributed by atoms with Gasteiger partial charge in [0.1, 0.15) is 6.07 Å². The average Bonchev–Trinajstić information content (AvgIpc) is 2.53. The van der Waals surface area contributed by atoms with Crippen LogP contribution in [0.5, 0.6) is 0 Å². The van der Waals surface area contributed by atoms with E-state index in [-0.39, 0.29) is 5.41 Å². The standard InChI is InChI=1S/C17H21N5/c1-17(2)8-5-9-19-15(17)11-20-16-12-6-3-4-7-13(12)21-22-14(16)10-18/h3-4,6-7,15,19H,5,8-9,11H2,1-2H3,(H,20,21). The highest BCUT2D eigenvalue weighted by Gasteiger charge is 2.31. The first kappa shape index (κ1) is 14.7. The van der Waals surface area contributed by atoms with Gasteiger partial charge in [0, 0.05) is 18.0 Å². The van der Waals surface area contributed by atoms with Crippen LogP contribution in [0.15, 0.2) is 24.3 Å². The van der Waals surface area contributed by atoms with Gasteiger partial charge in [0.05, 0.1) is 11.2 Å². The summed E-state index contributed by atoms with van der Waals surface area (Å²) in [5.74, 6) is 0. The van der Waals surface area contributed by atoms with Crippen molar-refractivity contribution in [3.8, 4) is 6.07 Å². The topological polar surface area (TPSA) is 73.6 Å². The van der Waals surface area contributed by atoms with Crippen molar-refractivity contribution in [2.75, 3.05) is 18.4 Å². The second kappa shape index (κ2) is 5.90. The molecule has 0 radical (unpaired) electrons. The molecule has 2 N–H and O–H groups in total. The van der Waals surface area contributed by atoms with Crippen LogP contribution in [-0.2, 0) is 0 Å². The molecule has 1 unspecified atom stereocenters. The lowest BCUT2D eigenvalue weighted by molar-refractivity contribution is 0.188. The third kappa shape index (κ3) is 2.75. The minimum Gasteiger partial charge on any atom is -0.380 e. The summed E-state index contributed by atoms with van der Waals surface area (Å²) in [6, 6.07) is 10.3. The fourth-order valence-corrected chi connectivity index (χ4v) is 3.13. The van der Waals surface area contributed by atoms with Gasteiger partial charge in [0.15, 0.2) is 5.69 Å². The van der Waals surface area contributed by atoms with Gasteiger partial charge in [0.25, 0.3) is 0 Å². The zero-order chi connectivity index (χ0) is 15.6. The number of nitrogens with zero attached hydrogens (tertiary/aromatic N) is 3. The number of nitrogens with one attached hydrogen (secondary N) is 2. The van der Waals surface area contributed by atoms with Crippen LogP contribution in [0.4, 0.5) is 5.69 Å². The highest BCUT2D eigenvalue weighted by molar-refractivity contribution is 5.92. The summed E-state index contributed by atoms with van der Waals surface area (Å²) < 4.78 is 0. The van der Waals surface area contributed by atoms with Crippen LogP contribution in [0.1, 0.15) is 32.4 Å². The van der Waals surface area contributed by atoms with Crippen LogP contribution in [-0.4, -0.2) is 29.3 Å². The van der Waals surface area contributed by atoms with Crippen molar-refractivity contribution in [1.82, 2.24) is 15.5 Å². The van der Waals surface area contributed by atoms with Gasteiger partial charge in [0.2, 0.25) is 0 Å². The van der Waals surface area contributed by atoms with E-state index in [2.05, 4.69) is 40.7 Å². The van der Waals surface area contributed by atoms with E-state index in [0.717, 1.165) is 29.7 Å². The Morgan fingerprint density at radius 2 is 2.18 bits per heavy atom. The third-order valence-corrected chi connectivity index (χ3v) is 4.59. The van der Waals surface area contributed by atoms with E-state index in [1.807, 2.05) is 24.3 Å². The number of aromatic nitrogens is 2. The van der Waals surface area contributed by atoms with E-state index < -0.39 is 0 Å². The van der Waals surface area contributed by atoms with Crippen LogP contribution in [0.25, 0.3) is 10.9 Å². The monoisotopic (exact) mass is 295 g/mol. The first-order valence-corrected chi connectivity index (χ1v) is 7.74. The van der Waals surface area contributed by atoms with Gasteiger partial charge in [-0.15, -0.1) is 10.2 Å². The summed E-state index contributed by atoms with van der Waals surface area (Å²) in [7, 11) is 0. The first-order chi connectivity index (χ1) is 10.6. The predicted octanol–water partition coefficient (Wildman–Crippen LogP) is 2.69. The highest BCUT2D eigenvalue weighted by Crippen LogP contribution is 2.31. The van der Waals surface area contributed by atoms with E-state index >= 15 is 0 Å². The molecule has 0 aliphatic carbocycles. The molecule has 5 heteroatoms. The Morgan fingerprint density at radius 3 is 2.95 bits per heavy atom. The van der Waals surface area contributed by atoms with E-state index in [0.29, 0.717) is 11.7 Å². The van der Waals surface area contributed by atoms with E-state index in [9.17, 15) is 5.26 Å². The molecule has 22 heavy (non-hydrogen) atoms. The highest BCUT2D eigenvalue weighted by atomic mass is 15.1. The quantitative estimate of drug-likeness (QED) is 0.910. The molecule has 0 bridgehead atoms. The van der Waals surface area contributed by atoms with Crippen molar-refractivity contribution in [3.63, 3.8) is 0 Å². The molecule has 1 aliphatic heterocycles. The van der Waals surface area contributed by atoms with Gasteiger partial charge in [-0.3, -0.25) is 0 Å². The minimum atomic E-state index is 0.244. The Hall–Kier alpha value is -2.19. The molecule has 1 fully saturated rings. The summed E-state index contributed by atoms with van der Waals surface area (Å²) in [6.45, 7) is 6.41. The van der Waals surface area contributed by atoms with Crippen molar-refractivity contribution >= 4 is 16.6 Å². The van der Waals surface area contributed by atoms with Gasteiger partial charge >= 0.3 is 0 Å². The summed E-state index contributed by atoms with van der Waals surface area (Å²) in [4.78, 5) is 0. The Kier molecular flexibility index (Phi) is 3.95. The van der Waals surface area contributed by atoms with Crippen molar-refractivity contribution in [2.24, 2.45) is 5.41 Å². The van der Waals surface area contributed by atoms with Gasteiger partial charge in [-0.1, -0.05) is 32.0 Å². The Bertz CT molecular complexity index is 717. The Labute approximate surface area is 130 Å². The zero-order valence-corrected chi connectivity index (χ0v) is 13.1. The molecular formula is C17H21N5. The molecule has 0 amide bonds. The van der Waals surface area contributed by atoms with Crippen molar-refractivity contribution in [1.29, 1.82) is 5.26 Å². The lowest BCUT2D eigenvalue weighted by atomic mass is 9.77. The zero-order valence-electron chi connectivity index (χ0n) is 13.1. The lowest BCUT2D eigenvalue weighted by Crippen LogP contribution is -2.50. The number of benzene rings is 1. The molecule has 0 spiro atoms. The summed E-state index contributed by atoms with van der Waals surface area (Å²) >= 11 is 0. The normalized spacial score (nSPS) is 20.5. The SMILES string of the molecule is CC1(C)CCCNC1CNc1c(C#N)nnc2ccccc12. The third-order valence-electron chi connectivity index (χ3n) is 4.59. The van der Waals surface area contributed by atoms with Gasteiger partial charge in [-0.05, 0) is 30.9 Å². The molecule has 1 atom stereocenters. The number of anilines is 1. The van der Waals surface area contributed by atoms with Gasteiger partial charge < -0.3 is 10.6 Å². The minimum absolute atomic E-state index is 0.244. The average molecular weight is 295 g/mol. The molecule has 1 saturated heterocycles. The first-order valence-electron chi connectivity index (χ1n) is 7.74. The molecule has 1 aromatic carbocycles. The fraction of sp³-hybridized carbons (Fsp3) is 0.471. The number of hydrogen-bond donors (Lipinski definition) is 2. The number of nitriles is 1. The second-order valence-corrected chi connectivity index (χ2v) is 6.53. The second-order valence-electron chi connectivity index (χ2n) is 6.53. The lowest BCUT2D eigenvalue weighted by Gasteiger charge is -2.39. The predicted molar refractivity (Wildman–Crippen MR) is 87.5 cm³/mol. The van der Waals surface area contributed by atoms with Crippen LogP contribution in [0.2, 0.25) is 0 Å². The van der Waals surface area contributed by atoms with Crippen LogP contribution in [0.3, 0.4) is 0 Å². The molecule has 0 saturated carbocycles. The van der Waals surface area contributed by atoms with Crippen LogP contribution >= 0.6 is 0 Å². The van der Waals surface area contributed by atoms with Crippen LogP contribution in [0, 0.1) is 16.7 Å². The molecule has 1 aromatic heterocycles. The summed E-state index contributed by atoms with van der Waals surface area (Å²) in [5, 5.41) is 25.4. The van der Waals surface area contributed by atoms with Gasteiger partial charge in [-0.25, -0.2) is 0 Å². The van der Waals surface area contributed by atoms with E-state index in [1.165, 1.54) is 12.8 Å². The fourth-order valence-electron chi connectivity index (χ4n) is 3.13. The largest absolute Gasteiger partial charge is 0.380 e. The van der Waals surface area contributed by atoms with Crippen molar-refractivity contribution in [3.05, 3.63) is 30.0 Å². The maximum atomic E-state index is 9.31. The molecule has 2 heterocycles. The molecule has 1 aliphatic rings. The number of fused-ring (bicyclic) bond motifs is 1. The number of hydrogen-bond acceptors (Lipinski definition) is 5. The smallest absolute Gasteiger partial charge is 0.186 e. The molecule has 3 rings (SSSR count). The maximum Gasteiger partial charge on any atom is 0.186 e. The number of rotatable bonds is 3. The molecule has 114 valence electrons. The maximum absolute atomic E-state index is 9.31. The van der Waals surface area contributed by atoms with E-state index in [4.69, 9.17) is 0 Å². The molecular weight excluding hydrogens is 274 g/mol. The van der Waals surface area contributed by atoms with Crippen LogP contribution < -0.4 is 10.6 Å². The molecule has 5 nitrogen and oxygen atoms in total. The summed E-state index contributed by atoms with van der Waals surface area (Å²) in [6.07, 6.45) is 2.43. The Morgan fingerprint density at radius 1 is 1.36 bits per heavy atom. The van der Waals surface area contributed by atoms with E-state index in [1.54, 1.807) is 0 Å². The van der Waals surface area contributed by atoms with Crippen molar-refractivity contribution < 1.29 is 0 Å². The molecule has 2 aromatic rings.